The first-order valence-corrected chi connectivity index (χ1v) is 9.31. The number of nitrogens with zero attached hydrogens (tertiary/aromatic N) is 2. The van der Waals surface area contributed by atoms with Crippen molar-refractivity contribution >= 4 is 17.6 Å². The maximum Gasteiger partial charge on any atom is 0.340 e. The summed E-state index contributed by atoms with van der Waals surface area (Å²) in [5.41, 5.74) is 1.29. The van der Waals surface area contributed by atoms with Crippen LogP contribution in [0.4, 0.5) is 5.69 Å². The second kappa shape index (κ2) is 9.51. The van der Waals surface area contributed by atoms with Gasteiger partial charge in [-0.1, -0.05) is 24.3 Å². The Balaban J connectivity index is 1.83. The highest BCUT2D eigenvalue weighted by atomic mass is 16.5. The predicted octanol–water partition coefficient (Wildman–Crippen LogP) is 2.73. The number of methoxy groups -OCH3 is 1. The fourth-order valence-electron chi connectivity index (χ4n) is 2.87. The number of para-hydroxylation sites is 2. The lowest BCUT2D eigenvalue weighted by Gasteiger charge is -2.12. The molecule has 0 spiro atoms. The van der Waals surface area contributed by atoms with Gasteiger partial charge in [-0.3, -0.25) is 9.59 Å². The van der Waals surface area contributed by atoms with Crippen LogP contribution in [0.2, 0.25) is 0 Å². The number of carbonyl (C=O) groups is 2. The van der Waals surface area contributed by atoms with Gasteiger partial charge in [0.25, 0.3) is 5.56 Å². The van der Waals surface area contributed by atoms with Gasteiger partial charge in [0, 0.05) is 11.6 Å². The van der Waals surface area contributed by atoms with Crippen LogP contribution >= 0.6 is 0 Å². The minimum absolute atomic E-state index is 0.218. The van der Waals surface area contributed by atoms with Gasteiger partial charge in [0.05, 0.1) is 30.7 Å². The molecule has 0 unspecified atom stereocenters. The van der Waals surface area contributed by atoms with E-state index < -0.39 is 17.4 Å². The molecule has 0 saturated heterocycles. The monoisotopic (exact) mass is 407 g/mol. The van der Waals surface area contributed by atoms with Crippen LogP contribution in [0.5, 0.6) is 5.75 Å². The van der Waals surface area contributed by atoms with Crippen LogP contribution < -0.4 is 15.6 Å². The van der Waals surface area contributed by atoms with Crippen molar-refractivity contribution in [2.45, 2.75) is 13.5 Å². The zero-order valence-electron chi connectivity index (χ0n) is 16.6. The van der Waals surface area contributed by atoms with Gasteiger partial charge in [-0.25, -0.2) is 9.48 Å². The Bertz CT molecular complexity index is 1120. The van der Waals surface area contributed by atoms with Crippen LogP contribution in [0.1, 0.15) is 17.3 Å². The molecular weight excluding hydrogens is 386 g/mol. The number of nitrogens with one attached hydrogen (secondary N) is 1. The molecule has 0 bridgehead atoms. The van der Waals surface area contributed by atoms with Crippen molar-refractivity contribution in [2.75, 3.05) is 19.0 Å². The molecule has 2 aromatic carbocycles. The number of esters is 1. The molecule has 3 aromatic rings. The average molecular weight is 407 g/mol. The van der Waals surface area contributed by atoms with Crippen molar-refractivity contribution in [3.8, 4) is 17.0 Å². The van der Waals surface area contributed by atoms with E-state index in [-0.39, 0.29) is 18.7 Å². The van der Waals surface area contributed by atoms with Crippen LogP contribution in [-0.2, 0) is 16.1 Å². The maximum atomic E-state index is 12.6. The van der Waals surface area contributed by atoms with Crippen LogP contribution in [0.15, 0.2) is 65.5 Å². The summed E-state index contributed by atoms with van der Waals surface area (Å²) in [7, 11) is 1.54. The van der Waals surface area contributed by atoms with Gasteiger partial charge in [0.2, 0.25) is 5.91 Å². The number of benzene rings is 2. The molecule has 1 heterocycles. The maximum absolute atomic E-state index is 12.6. The molecule has 154 valence electrons. The number of amides is 1. The van der Waals surface area contributed by atoms with Crippen molar-refractivity contribution in [3.05, 3.63) is 76.6 Å². The first-order valence-electron chi connectivity index (χ1n) is 9.31. The average Bonchev–Trinajstić information content (AvgIpc) is 2.75. The third-order valence-electron chi connectivity index (χ3n) is 4.24. The summed E-state index contributed by atoms with van der Waals surface area (Å²) in [6.45, 7) is 1.60. The molecular formula is C22H21N3O5. The highest BCUT2D eigenvalue weighted by molar-refractivity contribution is 6.01. The largest absolute Gasteiger partial charge is 0.496 e. The molecule has 1 amide bonds. The molecule has 1 N–H and O–H groups in total. The summed E-state index contributed by atoms with van der Waals surface area (Å²) in [5.74, 6) is -0.441. The summed E-state index contributed by atoms with van der Waals surface area (Å²) in [5, 5.41) is 6.93. The standard InChI is InChI=1S/C22H21N3O5/c1-3-30-22(28)16-9-4-6-10-17(16)23-20(26)14-25-21(27)13-12-18(24-25)15-8-5-7-11-19(15)29-2/h4-13H,3,14H2,1-2H3,(H,23,26). The zero-order chi connectivity index (χ0) is 21.5. The summed E-state index contributed by atoms with van der Waals surface area (Å²) in [4.78, 5) is 36.8. The normalized spacial score (nSPS) is 10.3. The van der Waals surface area contributed by atoms with Gasteiger partial charge in [-0.05, 0) is 37.3 Å². The number of anilines is 1. The SMILES string of the molecule is CCOC(=O)c1ccccc1NC(=O)Cn1nc(-c2ccccc2OC)ccc1=O. The highest BCUT2D eigenvalue weighted by Gasteiger charge is 2.15. The molecule has 0 radical (unpaired) electrons. The lowest BCUT2D eigenvalue weighted by Crippen LogP contribution is -2.29. The molecule has 0 fully saturated rings. The molecule has 0 saturated carbocycles. The predicted molar refractivity (Wildman–Crippen MR) is 112 cm³/mol. The van der Waals surface area contributed by atoms with Crippen LogP contribution in [0, 0.1) is 0 Å². The molecule has 1 aromatic heterocycles. The van der Waals surface area contributed by atoms with E-state index in [4.69, 9.17) is 9.47 Å². The fourth-order valence-corrected chi connectivity index (χ4v) is 2.87. The third kappa shape index (κ3) is 4.72. The van der Waals surface area contributed by atoms with Crippen molar-refractivity contribution < 1.29 is 19.1 Å². The van der Waals surface area contributed by atoms with Gasteiger partial charge in [0.15, 0.2) is 0 Å². The lowest BCUT2D eigenvalue weighted by molar-refractivity contribution is -0.117. The van der Waals surface area contributed by atoms with Gasteiger partial charge >= 0.3 is 5.97 Å². The van der Waals surface area contributed by atoms with Crippen LogP contribution in [-0.4, -0.2) is 35.4 Å². The Kier molecular flexibility index (Phi) is 6.59. The fraction of sp³-hybridized carbons (Fsp3) is 0.182. The molecule has 30 heavy (non-hydrogen) atoms. The lowest BCUT2D eigenvalue weighted by atomic mass is 10.1. The number of hydrogen-bond donors (Lipinski definition) is 1. The van der Waals surface area contributed by atoms with E-state index in [0.717, 1.165) is 4.68 Å². The minimum Gasteiger partial charge on any atom is -0.496 e. The Morgan fingerprint density at radius 2 is 1.77 bits per heavy atom. The van der Waals surface area contributed by atoms with E-state index in [0.29, 0.717) is 22.7 Å². The van der Waals surface area contributed by atoms with Gasteiger partial charge < -0.3 is 14.8 Å². The van der Waals surface area contributed by atoms with Gasteiger partial charge in [-0.15, -0.1) is 0 Å². The first kappa shape index (κ1) is 20.8. The third-order valence-corrected chi connectivity index (χ3v) is 4.24. The van der Waals surface area contributed by atoms with E-state index in [2.05, 4.69) is 10.4 Å². The Labute approximate surface area is 173 Å². The first-order chi connectivity index (χ1) is 14.5. The van der Waals surface area contributed by atoms with Crippen molar-refractivity contribution in [1.82, 2.24) is 9.78 Å². The van der Waals surface area contributed by atoms with Crippen LogP contribution in [0.3, 0.4) is 0 Å². The number of aromatic nitrogens is 2. The Morgan fingerprint density at radius 3 is 2.53 bits per heavy atom. The smallest absolute Gasteiger partial charge is 0.340 e. The summed E-state index contributed by atoms with van der Waals surface area (Å²) >= 11 is 0. The minimum atomic E-state index is -0.540. The molecule has 8 heteroatoms. The van der Waals surface area contributed by atoms with Crippen molar-refractivity contribution in [3.63, 3.8) is 0 Å². The molecule has 3 rings (SSSR count). The number of hydrogen-bond acceptors (Lipinski definition) is 6. The van der Waals surface area contributed by atoms with E-state index >= 15 is 0 Å². The van der Waals surface area contributed by atoms with Crippen molar-refractivity contribution in [2.24, 2.45) is 0 Å². The van der Waals surface area contributed by atoms with E-state index in [1.807, 2.05) is 18.2 Å². The summed E-state index contributed by atoms with van der Waals surface area (Å²) in [6, 6.07) is 16.7. The van der Waals surface area contributed by atoms with Gasteiger partial charge in [-0.2, -0.15) is 5.10 Å². The zero-order valence-corrected chi connectivity index (χ0v) is 16.6. The molecule has 8 nitrogen and oxygen atoms in total. The second-order valence-electron chi connectivity index (χ2n) is 6.23. The summed E-state index contributed by atoms with van der Waals surface area (Å²) in [6.07, 6.45) is 0. The summed E-state index contributed by atoms with van der Waals surface area (Å²) < 4.78 is 11.4. The Hall–Kier alpha value is -3.94. The van der Waals surface area contributed by atoms with E-state index in [1.54, 1.807) is 50.4 Å². The van der Waals surface area contributed by atoms with E-state index in [9.17, 15) is 14.4 Å². The number of carbonyl (C=O) groups excluding carboxylic acids is 2. The Morgan fingerprint density at radius 1 is 1.03 bits per heavy atom. The van der Waals surface area contributed by atoms with Crippen molar-refractivity contribution in [1.29, 1.82) is 0 Å². The molecule has 0 atom stereocenters. The quantitative estimate of drug-likeness (QED) is 0.605. The van der Waals surface area contributed by atoms with Crippen LogP contribution in [0.25, 0.3) is 11.3 Å². The topological polar surface area (TPSA) is 99.5 Å². The number of ether oxygens (including phenoxy) is 2. The number of rotatable bonds is 7. The van der Waals surface area contributed by atoms with E-state index in [1.165, 1.54) is 6.07 Å². The van der Waals surface area contributed by atoms with Gasteiger partial charge in [0.1, 0.15) is 12.3 Å². The molecule has 0 aliphatic rings. The second-order valence-corrected chi connectivity index (χ2v) is 6.23. The highest BCUT2D eigenvalue weighted by Crippen LogP contribution is 2.27. The molecule has 0 aliphatic heterocycles. The molecule has 0 aliphatic carbocycles.